The average Bonchev–Trinajstić information content (AvgIpc) is 3.31. The summed E-state index contributed by atoms with van der Waals surface area (Å²) in [4.78, 5) is 27.8. The van der Waals surface area contributed by atoms with Crippen molar-refractivity contribution in [2.24, 2.45) is 0 Å². The Kier molecular flexibility index (Phi) is 11.8. The second-order valence-electron chi connectivity index (χ2n) is 11.1. The number of carbonyl (C=O) groups excluding carboxylic acids is 1. The quantitative estimate of drug-likeness (QED) is 0.288. The molecule has 1 heterocycles. The number of aliphatic carboxylic acids is 1. The minimum atomic E-state index is -1.00. The first-order valence-electron chi connectivity index (χ1n) is 14.5. The Hall–Kier alpha value is -2.00. The molecule has 1 saturated carbocycles. The summed E-state index contributed by atoms with van der Waals surface area (Å²) in [7, 11) is 1.78. The van der Waals surface area contributed by atoms with Crippen molar-refractivity contribution in [3.63, 3.8) is 0 Å². The van der Waals surface area contributed by atoms with Crippen LogP contribution >= 0.6 is 23.5 Å². The number of ether oxygens (including phenoxy) is 1. The van der Waals surface area contributed by atoms with Crippen molar-refractivity contribution in [1.82, 2.24) is 10.2 Å². The Morgan fingerprint density at radius 1 is 1.10 bits per heavy atom. The van der Waals surface area contributed by atoms with Crippen molar-refractivity contribution in [3.8, 4) is 11.1 Å². The van der Waals surface area contributed by atoms with Crippen LogP contribution in [0.25, 0.3) is 11.1 Å². The number of aryl methyl sites for hydroxylation is 1. The highest BCUT2D eigenvalue weighted by molar-refractivity contribution is 8.00. The first kappa shape index (κ1) is 30.9. The number of hydrogen-bond donors (Lipinski definition) is 2. The zero-order chi connectivity index (χ0) is 28.5. The number of benzene rings is 2. The van der Waals surface area contributed by atoms with Crippen molar-refractivity contribution in [2.75, 3.05) is 32.3 Å². The summed E-state index contributed by atoms with van der Waals surface area (Å²) < 4.78 is 5.62. The standard InChI is InChI=1S/C32H44N2O4S2/c1-22-9-7-8-12-27(22)29-17-23(13-14-28(29)31(35)33-30(32(36)37)15-16-39-3)19-34-20-26(18-24(34)21-38-2)40-25-10-5-4-6-11-25/h7-9,12-14,17,24-26,30H,4-6,10-11,15-16,18-21H2,1-3H3,(H,33,35)(H,36,37)/t24-,26-,30+/m1/s1. The van der Waals surface area contributed by atoms with Crippen LogP contribution in [0.1, 0.15) is 66.4 Å². The number of hydrogen-bond acceptors (Lipinski definition) is 6. The predicted octanol–water partition coefficient (Wildman–Crippen LogP) is 6.25. The molecule has 0 radical (unpaired) electrons. The van der Waals surface area contributed by atoms with Crippen LogP contribution in [0.3, 0.4) is 0 Å². The largest absolute Gasteiger partial charge is 0.480 e. The first-order valence-corrected chi connectivity index (χ1v) is 16.8. The van der Waals surface area contributed by atoms with Crippen LogP contribution in [0.5, 0.6) is 0 Å². The van der Waals surface area contributed by atoms with Gasteiger partial charge in [0.2, 0.25) is 0 Å². The molecule has 6 nitrogen and oxygen atoms in total. The molecule has 0 bridgehead atoms. The molecule has 2 aliphatic rings. The van der Waals surface area contributed by atoms with Gasteiger partial charge >= 0.3 is 5.97 Å². The Morgan fingerprint density at radius 2 is 1.88 bits per heavy atom. The van der Waals surface area contributed by atoms with E-state index in [0.29, 0.717) is 29.0 Å². The number of thioether (sulfide) groups is 2. The summed E-state index contributed by atoms with van der Waals surface area (Å²) in [6, 6.07) is 13.5. The van der Waals surface area contributed by atoms with E-state index in [1.807, 2.05) is 49.6 Å². The van der Waals surface area contributed by atoms with Crippen LogP contribution in [-0.2, 0) is 16.1 Å². The second-order valence-corrected chi connectivity index (χ2v) is 13.7. The number of carbonyl (C=O) groups is 2. The summed E-state index contributed by atoms with van der Waals surface area (Å²) >= 11 is 3.77. The van der Waals surface area contributed by atoms with Gasteiger partial charge < -0.3 is 15.2 Å². The van der Waals surface area contributed by atoms with Crippen LogP contribution in [0, 0.1) is 6.92 Å². The van der Waals surface area contributed by atoms with Gasteiger partial charge in [0.05, 0.1) is 6.61 Å². The van der Waals surface area contributed by atoms with E-state index >= 15 is 0 Å². The van der Waals surface area contributed by atoms with Crippen molar-refractivity contribution in [2.45, 2.75) is 81.0 Å². The predicted molar refractivity (Wildman–Crippen MR) is 167 cm³/mol. The van der Waals surface area contributed by atoms with Crippen LogP contribution in [0.2, 0.25) is 0 Å². The highest BCUT2D eigenvalue weighted by Crippen LogP contribution is 2.37. The highest BCUT2D eigenvalue weighted by atomic mass is 32.2. The molecule has 2 aromatic rings. The molecule has 2 N–H and O–H groups in total. The molecule has 8 heteroatoms. The molecular formula is C32H44N2O4S2. The van der Waals surface area contributed by atoms with Gasteiger partial charge in [-0.15, -0.1) is 0 Å². The van der Waals surface area contributed by atoms with Gasteiger partial charge in [-0.1, -0.05) is 49.6 Å². The molecule has 0 aromatic heterocycles. The average molecular weight is 585 g/mol. The third kappa shape index (κ3) is 8.28. The smallest absolute Gasteiger partial charge is 0.326 e. The maximum Gasteiger partial charge on any atom is 0.326 e. The maximum absolute atomic E-state index is 13.4. The number of nitrogens with one attached hydrogen (secondary N) is 1. The van der Waals surface area contributed by atoms with Crippen LogP contribution in [0.4, 0.5) is 0 Å². The van der Waals surface area contributed by atoms with E-state index in [1.165, 1.54) is 32.1 Å². The molecule has 2 fully saturated rings. The van der Waals surface area contributed by atoms with Gasteiger partial charge in [0.25, 0.3) is 5.91 Å². The Morgan fingerprint density at radius 3 is 2.58 bits per heavy atom. The van der Waals surface area contributed by atoms with Crippen LogP contribution < -0.4 is 5.32 Å². The topological polar surface area (TPSA) is 78.9 Å². The van der Waals surface area contributed by atoms with E-state index in [0.717, 1.165) is 53.6 Å². The molecule has 1 saturated heterocycles. The molecule has 4 rings (SSSR count). The van der Waals surface area contributed by atoms with Gasteiger partial charge in [-0.2, -0.15) is 23.5 Å². The van der Waals surface area contributed by atoms with E-state index in [1.54, 1.807) is 18.9 Å². The number of methoxy groups -OCH3 is 1. The van der Waals surface area contributed by atoms with Crippen molar-refractivity contribution < 1.29 is 19.4 Å². The minimum absolute atomic E-state index is 0.347. The van der Waals surface area contributed by atoms with Gasteiger partial charge in [-0.3, -0.25) is 9.69 Å². The number of rotatable bonds is 13. The van der Waals surface area contributed by atoms with E-state index in [-0.39, 0.29) is 5.91 Å². The summed E-state index contributed by atoms with van der Waals surface area (Å²) in [6.45, 7) is 4.61. The summed E-state index contributed by atoms with van der Waals surface area (Å²) in [5.74, 6) is -0.685. The zero-order valence-corrected chi connectivity index (χ0v) is 25.7. The van der Waals surface area contributed by atoms with E-state index in [9.17, 15) is 14.7 Å². The molecular weight excluding hydrogens is 540 g/mol. The number of amides is 1. The van der Waals surface area contributed by atoms with E-state index < -0.39 is 12.0 Å². The van der Waals surface area contributed by atoms with Crippen LogP contribution in [0.15, 0.2) is 42.5 Å². The molecule has 218 valence electrons. The zero-order valence-electron chi connectivity index (χ0n) is 24.1. The fraction of sp³-hybridized carbons (Fsp3) is 0.562. The molecule has 40 heavy (non-hydrogen) atoms. The van der Waals surface area contributed by atoms with Gasteiger partial charge in [-0.05, 0) is 79.0 Å². The third-order valence-corrected chi connectivity index (χ3v) is 10.4. The lowest BCUT2D eigenvalue weighted by Crippen LogP contribution is -2.41. The fourth-order valence-electron chi connectivity index (χ4n) is 6.02. The third-order valence-electron chi connectivity index (χ3n) is 8.15. The van der Waals surface area contributed by atoms with Gasteiger partial charge in [0.15, 0.2) is 0 Å². The van der Waals surface area contributed by atoms with E-state index in [4.69, 9.17) is 4.74 Å². The lowest BCUT2D eigenvalue weighted by molar-refractivity contribution is -0.139. The summed E-state index contributed by atoms with van der Waals surface area (Å²) in [6.07, 6.45) is 10.3. The molecule has 2 aromatic carbocycles. The molecule has 0 unspecified atom stereocenters. The van der Waals surface area contributed by atoms with Crippen molar-refractivity contribution in [3.05, 3.63) is 59.2 Å². The number of carboxylic acid groups (broad SMARTS) is 1. The first-order chi connectivity index (χ1) is 19.4. The monoisotopic (exact) mass is 584 g/mol. The Balaban J connectivity index is 1.56. The lowest BCUT2D eigenvalue weighted by Gasteiger charge is -2.25. The van der Waals surface area contributed by atoms with Gasteiger partial charge in [-0.25, -0.2) is 4.79 Å². The molecule has 3 atom stereocenters. The lowest BCUT2D eigenvalue weighted by atomic mass is 9.93. The summed E-state index contributed by atoms with van der Waals surface area (Å²) in [5, 5.41) is 13.9. The fourth-order valence-corrected chi connectivity index (χ4v) is 8.25. The SMILES string of the molecule is COC[C@H]1C[C@@H](SC2CCCCC2)CN1Cc1ccc(C(=O)N[C@@H](CCSC)C(=O)O)c(-c2ccccc2C)c1. The minimum Gasteiger partial charge on any atom is -0.480 e. The molecule has 1 aliphatic heterocycles. The second kappa shape index (κ2) is 15.3. The van der Waals surface area contributed by atoms with Crippen molar-refractivity contribution >= 4 is 35.4 Å². The highest BCUT2D eigenvalue weighted by Gasteiger charge is 2.34. The molecule has 1 amide bonds. The molecule has 1 aliphatic carbocycles. The Labute approximate surface area is 248 Å². The van der Waals surface area contributed by atoms with Gasteiger partial charge in [0, 0.05) is 42.3 Å². The van der Waals surface area contributed by atoms with Gasteiger partial charge in [0.1, 0.15) is 6.04 Å². The number of carboxylic acids is 1. The molecule has 0 spiro atoms. The summed E-state index contributed by atoms with van der Waals surface area (Å²) in [5.41, 5.74) is 4.57. The van der Waals surface area contributed by atoms with Crippen LogP contribution in [-0.4, -0.2) is 76.7 Å². The maximum atomic E-state index is 13.4. The Bertz CT molecular complexity index is 1140. The van der Waals surface area contributed by atoms with E-state index in [2.05, 4.69) is 28.0 Å². The number of nitrogens with zero attached hydrogens (tertiary/aromatic N) is 1. The number of likely N-dealkylation sites (tertiary alicyclic amines) is 1. The van der Waals surface area contributed by atoms with Crippen molar-refractivity contribution in [1.29, 1.82) is 0 Å². The normalized spacial score (nSPS) is 20.9.